The Kier molecular flexibility index (Phi) is 11.1. The van der Waals surface area contributed by atoms with Gasteiger partial charge in [-0.05, 0) is 75.2 Å². The molecular formula is C60H50LiN4O2-. The van der Waals surface area contributed by atoms with E-state index in [2.05, 4.69) is 149 Å². The maximum Gasteiger partial charge on any atom is 1.00 e. The standard InChI is InChI=1S/C60H50N4O2.Li/c1-38(62-58(42-20-12-9-13-21-42)61-37-39-18-10-8-11-19-39)40-26-28-41(29-27-40)46-33-44(60(5,6)7)34-48-47-32-43(59(2,3)4)30-31-49(47)63(56(46)48)45-35-54-57-55(36-45)66-53-25-17-15-23-51(53)64(57)50-22-14-16-24-52(50)65-54;/h1,8-36,47,49H,2-7H3;/q-2;+1. The van der Waals surface area contributed by atoms with Crippen LogP contribution in [0.1, 0.15) is 75.3 Å². The van der Waals surface area contributed by atoms with Gasteiger partial charge in [0, 0.05) is 29.3 Å². The first-order valence-electron chi connectivity index (χ1n) is 22.7. The Hall–Kier alpha value is -7.10. The maximum atomic E-state index is 6.84. The topological polar surface area (TPSA) is 49.7 Å². The van der Waals surface area contributed by atoms with Crippen LogP contribution in [-0.2, 0) is 5.41 Å². The zero-order chi connectivity index (χ0) is 45.3. The number of anilines is 5. The molecule has 2 atom stereocenters. The molecule has 0 spiro atoms. The third kappa shape index (κ3) is 7.95. The van der Waals surface area contributed by atoms with Crippen molar-refractivity contribution in [3.63, 3.8) is 0 Å². The normalized spacial score (nSPS) is 16.7. The summed E-state index contributed by atoms with van der Waals surface area (Å²) >= 11 is 0. The summed E-state index contributed by atoms with van der Waals surface area (Å²) in [7, 11) is 0. The van der Waals surface area contributed by atoms with Crippen molar-refractivity contribution in [2.24, 2.45) is 15.4 Å². The second-order valence-electron chi connectivity index (χ2n) is 19.4. The predicted octanol–water partition coefficient (Wildman–Crippen LogP) is 12.7. The average Bonchev–Trinajstić information content (AvgIpc) is 3.66. The molecule has 3 aliphatic heterocycles. The molecule has 11 rings (SSSR count). The Morgan fingerprint density at radius 1 is 0.627 bits per heavy atom. The molecule has 4 aliphatic rings. The van der Waals surface area contributed by atoms with Gasteiger partial charge >= 0.3 is 18.9 Å². The first-order chi connectivity index (χ1) is 31.9. The van der Waals surface area contributed by atoms with E-state index in [-0.39, 0.29) is 41.7 Å². The van der Waals surface area contributed by atoms with Crippen molar-refractivity contribution >= 4 is 46.2 Å². The smallest absolute Gasteiger partial charge is 0.453 e. The molecule has 0 radical (unpaired) electrons. The van der Waals surface area contributed by atoms with Gasteiger partial charge in [-0.2, -0.15) is 5.56 Å². The van der Waals surface area contributed by atoms with Gasteiger partial charge in [0.25, 0.3) is 0 Å². The zero-order valence-corrected chi connectivity index (χ0v) is 39.1. The molecule has 0 saturated heterocycles. The number of hydrogen-bond acceptors (Lipinski definition) is 5. The summed E-state index contributed by atoms with van der Waals surface area (Å²) < 4.78 is 13.6. The Morgan fingerprint density at radius 3 is 1.84 bits per heavy atom. The molecule has 0 amide bonds. The number of aliphatic imine (C=N–C) groups is 2. The first-order valence-corrected chi connectivity index (χ1v) is 22.7. The van der Waals surface area contributed by atoms with Gasteiger partial charge in [0.1, 0.15) is 5.69 Å². The van der Waals surface area contributed by atoms with Gasteiger partial charge in [-0.3, -0.25) is 11.5 Å². The Morgan fingerprint density at radius 2 is 1.22 bits per heavy atom. The molecule has 7 aromatic rings. The molecule has 1 aliphatic carbocycles. The Bertz CT molecular complexity index is 3120. The molecule has 2 unspecified atom stereocenters. The van der Waals surface area contributed by atoms with Crippen LogP contribution in [0, 0.1) is 12.0 Å². The molecular weight excluding hydrogens is 816 g/mol. The second kappa shape index (κ2) is 17.0. The number of amidine groups is 1. The van der Waals surface area contributed by atoms with Crippen LogP contribution in [0.2, 0.25) is 0 Å². The van der Waals surface area contributed by atoms with E-state index in [1.807, 2.05) is 84.9 Å². The van der Waals surface area contributed by atoms with Gasteiger partial charge in [-0.15, -0.1) is 47.7 Å². The minimum absolute atomic E-state index is 0. The van der Waals surface area contributed by atoms with Crippen molar-refractivity contribution in [1.82, 2.24) is 0 Å². The van der Waals surface area contributed by atoms with Gasteiger partial charge < -0.3 is 24.4 Å². The predicted molar refractivity (Wildman–Crippen MR) is 271 cm³/mol. The molecule has 67 heavy (non-hydrogen) atoms. The fourth-order valence-electron chi connectivity index (χ4n) is 9.49. The van der Waals surface area contributed by atoms with E-state index in [1.54, 1.807) is 0 Å². The van der Waals surface area contributed by atoms with E-state index in [4.69, 9.17) is 26.0 Å². The number of para-hydroxylation sites is 4. The third-order valence-corrected chi connectivity index (χ3v) is 13.0. The molecule has 324 valence electrons. The third-order valence-electron chi connectivity index (χ3n) is 13.0. The van der Waals surface area contributed by atoms with Gasteiger partial charge in [0.15, 0.2) is 23.0 Å². The fourth-order valence-corrected chi connectivity index (χ4v) is 9.49. The van der Waals surface area contributed by atoms with Gasteiger partial charge in [0.05, 0.1) is 28.9 Å². The monoisotopic (exact) mass is 865 g/mol. The molecule has 7 aromatic carbocycles. The van der Waals surface area contributed by atoms with E-state index in [0.717, 1.165) is 79.3 Å². The van der Waals surface area contributed by atoms with Crippen LogP contribution >= 0.6 is 0 Å². The SMILES string of the molecule is [CH-]=C(N=C(N=[C-]c1ccccc1)c1ccccc1)c1ccc(-c2cc(C(C)(C)C)cc3c2N(c2cc4c5c(c2)Oc2ccccc2N5c2ccccc2O4)C2C=CC(C(C)(C)C)=CC32)cc1.[Li+]. The largest absolute Gasteiger partial charge is 1.00 e. The van der Waals surface area contributed by atoms with Gasteiger partial charge in [0.2, 0.25) is 0 Å². The average molecular weight is 866 g/mol. The summed E-state index contributed by atoms with van der Waals surface area (Å²) in [5, 5.41) is 0. The van der Waals surface area contributed by atoms with Crippen molar-refractivity contribution in [1.29, 1.82) is 0 Å². The number of nitrogens with zero attached hydrogens (tertiary/aromatic N) is 4. The molecule has 0 N–H and O–H groups in total. The van der Waals surface area contributed by atoms with Crippen LogP contribution in [0.3, 0.4) is 0 Å². The summed E-state index contributed by atoms with van der Waals surface area (Å²) in [6.07, 6.45) is 10.4. The molecule has 0 fully saturated rings. The molecule has 0 aromatic heterocycles. The quantitative estimate of drug-likeness (QED) is 0.0723. The minimum Gasteiger partial charge on any atom is -0.453 e. The van der Waals surface area contributed by atoms with E-state index in [1.165, 1.54) is 16.7 Å². The Labute approximate surface area is 406 Å². The van der Waals surface area contributed by atoms with Crippen molar-refractivity contribution < 1.29 is 28.3 Å². The number of benzene rings is 7. The van der Waals surface area contributed by atoms with Crippen molar-refractivity contribution in [3.8, 4) is 34.1 Å². The van der Waals surface area contributed by atoms with Gasteiger partial charge in [-0.25, -0.2) is 0 Å². The van der Waals surface area contributed by atoms with Crippen molar-refractivity contribution in [2.45, 2.75) is 58.9 Å². The van der Waals surface area contributed by atoms with Crippen molar-refractivity contribution in [2.75, 3.05) is 9.80 Å². The number of fused-ring (bicyclic) bond motifs is 7. The van der Waals surface area contributed by atoms with E-state index in [0.29, 0.717) is 11.5 Å². The zero-order valence-electron chi connectivity index (χ0n) is 39.1. The van der Waals surface area contributed by atoms with E-state index < -0.39 is 0 Å². The number of ether oxygens (including phenoxy) is 2. The number of allylic oxidation sites excluding steroid dienone is 2. The molecule has 0 bridgehead atoms. The minimum atomic E-state index is -0.117. The van der Waals surface area contributed by atoms with Crippen LogP contribution in [0.25, 0.3) is 16.8 Å². The number of rotatable bonds is 6. The van der Waals surface area contributed by atoms with Crippen LogP contribution in [0.5, 0.6) is 23.0 Å². The number of hydrogen-bond donors (Lipinski definition) is 0. The summed E-state index contributed by atoms with van der Waals surface area (Å²) in [6.45, 7) is 20.6. The second-order valence-corrected chi connectivity index (χ2v) is 19.4. The summed E-state index contributed by atoms with van der Waals surface area (Å²) in [6, 6.07) is 53.8. The first kappa shape index (κ1) is 43.8. The summed E-state index contributed by atoms with van der Waals surface area (Å²) in [5.41, 5.74) is 13.8. The fraction of sp³-hybridized carbons (Fsp3) is 0.167. The maximum absolute atomic E-state index is 6.84. The van der Waals surface area contributed by atoms with Crippen molar-refractivity contribution in [3.05, 3.63) is 216 Å². The van der Waals surface area contributed by atoms with Gasteiger partial charge in [-0.1, -0.05) is 139 Å². The van der Waals surface area contributed by atoms with Crippen LogP contribution in [-0.4, -0.2) is 18.1 Å². The summed E-state index contributed by atoms with van der Waals surface area (Å²) in [5.74, 6) is 3.67. The molecule has 7 heteroatoms. The molecule has 6 nitrogen and oxygen atoms in total. The van der Waals surface area contributed by atoms with E-state index >= 15 is 0 Å². The molecule has 3 heterocycles. The summed E-state index contributed by atoms with van der Waals surface area (Å²) in [4.78, 5) is 14.4. The van der Waals surface area contributed by atoms with E-state index in [9.17, 15) is 0 Å². The Balaban J connectivity index is 0.00000525. The molecule has 0 saturated carbocycles. The van der Waals surface area contributed by atoms with Crippen LogP contribution in [0.15, 0.2) is 192 Å². The van der Waals surface area contributed by atoms with Crippen LogP contribution < -0.4 is 38.1 Å². The van der Waals surface area contributed by atoms with Crippen LogP contribution in [0.4, 0.5) is 28.4 Å².